The second-order valence-electron chi connectivity index (χ2n) is 5.76. The molecule has 3 rings (SSSR count). The summed E-state index contributed by atoms with van der Waals surface area (Å²) in [5.41, 5.74) is 2.50. The van der Waals surface area contributed by atoms with Gasteiger partial charge in [0.25, 0.3) is 0 Å². The Balaban J connectivity index is 1.85. The molecule has 0 aromatic heterocycles. The van der Waals surface area contributed by atoms with Crippen LogP contribution in [0.1, 0.15) is 0 Å². The lowest BCUT2D eigenvalue weighted by atomic mass is 9.87. The van der Waals surface area contributed by atoms with Crippen LogP contribution in [0.3, 0.4) is 0 Å². The molecule has 3 aliphatic rings. The maximum absolute atomic E-state index is 6.21. The molecule has 0 aromatic carbocycles. The highest BCUT2D eigenvalue weighted by Crippen LogP contribution is 2.34. The lowest BCUT2D eigenvalue weighted by Gasteiger charge is -2.34. The zero-order valence-corrected chi connectivity index (χ0v) is 12.3. The molecule has 0 bridgehead atoms. The van der Waals surface area contributed by atoms with E-state index in [1.54, 1.807) is 0 Å². The van der Waals surface area contributed by atoms with Gasteiger partial charge in [-0.25, -0.2) is 0 Å². The van der Waals surface area contributed by atoms with Gasteiger partial charge < -0.3 is 10.1 Å². The fourth-order valence-electron chi connectivity index (χ4n) is 2.82. The lowest BCUT2D eigenvalue weighted by Crippen LogP contribution is -2.31. The maximum Gasteiger partial charge on any atom is 0.127 e. The normalized spacial score (nSPS) is 31.0. The molecule has 0 saturated heterocycles. The largest absolute Gasteiger partial charge is 0.485 e. The van der Waals surface area contributed by atoms with Gasteiger partial charge in [-0.05, 0) is 38.9 Å². The summed E-state index contributed by atoms with van der Waals surface area (Å²) in [7, 11) is 6.14. The van der Waals surface area contributed by atoms with E-state index in [9.17, 15) is 0 Å². The third-order valence-corrected chi connectivity index (χ3v) is 3.98. The third kappa shape index (κ3) is 2.51. The zero-order chi connectivity index (χ0) is 14.1. The molecule has 1 aliphatic heterocycles. The minimum Gasteiger partial charge on any atom is -0.485 e. The highest BCUT2D eigenvalue weighted by atomic mass is 16.5. The molecule has 0 amide bonds. The van der Waals surface area contributed by atoms with E-state index in [0.717, 1.165) is 12.3 Å². The van der Waals surface area contributed by atoms with E-state index in [1.165, 1.54) is 11.1 Å². The standard InChI is InChI=1S/C17H22N2O/c1-18-11-12-4-5-13-9-14-6-7-15(19(2)3)10-17(14)20-16(13)8-12/h4-10,13,15-16,18H,11H2,1-3H3. The number of rotatable bonds is 3. The minimum absolute atomic E-state index is 0.132. The van der Waals surface area contributed by atoms with Crippen LogP contribution in [0.5, 0.6) is 0 Å². The van der Waals surface area contributed by atoms with E-state index in [1.807, 2.05) is 7.05 Å². The Hall–Kier alpha value is -1.58. The molecule has 1 heterocycles. The summed E-state index contributed by atoms with van der Waals surface area (Å²) in [6, 6.07) is 0.318. The topological polar surface area (TPSA) is 24.5 Å². The molecule has 0 fully saturated rings. The molecule has 0 saturated carbocycles. The van der Waals surface area contributed by atoms with Crippen molar-refractivity contribution in [2.45, 2.75) is 12.1 Å². The summed E-state index contributed by atoms with van der Waals surface area (Å²) in [5, 5.41) is 3.19. The Labute approximate surface area is 121 Å². The van der Waals surface area contributed by atoms with E-state index < -0.39 is 0 Å². The average Bonchev–Trinajstić information content (AvgIpc) is 2.44. The molecular weight excluding hydrogens is 248 g/mol. The van der Waals surface area contributed by atoms with Crippen molar-refractivity contribution >= 4 is 0 Å². The van der Waals surface area contributed by atoms with Crippen molar-refractivity contribution < 1.29 is 4.74 Å². The first kappa shape index (κ1) is 13.4. The first-order valence-corrected chi connectivity index (χ1v) is 7.16. The first-order valence-electron chi connectivity index (χ1n) is 7.16. The molecule has 3 unspecified atom stereocenters. The molecule has 3 nitrogen and oxygen atoms in total. The Morgan fingerprint density at radius 1 is 1.15 bits per heavy atom. The molecule has 106 valence electrons. The van der Waals surface area contributed by atoms with Crippen molar-refractivity contribution in [3.05, 3.63) is 59.4 Å². The van der Waals surface area contributed by atoms with Crippen LogP contribution in [-0.2, 0) is 4.74 Å². The molecule has 0 radical (unpaired) electrons. The van der Waals surface area contributed by atoms with Crippen LogP contribution < -0.4 is 5.32 Å². The number of hydrogen-bond acceptors (Lipinski definition) is 3. The van der Waals surface area contributed by atoms with Gasteiger partial charge in [-0.2, -0.15) is 0 Å². The van der Waals surface area contributed by atoms with Gasteiger partial charge in [-0.15, -0.1) is 0 Å². The minimum atomic E-state index is 0.132. The van der Waals surface area contributed by atoms with Crippen molar-refractivity contribution in [3.8, 4) is 0 Å². The Morgan fingerprint density at radius 2 is 2.00 bits per heavy atom. The monoisotopic (exact) mass is 270 g/mol. The smallest absolute Gasteiger partial charge is 0.127 e. The predicted molar refractivity (Wildman–Crippen MR) is 82.3 cm³/mol. The van der Waals surface area contributed by atoms with E-state index in [4.69, 9.17) is 4.74 Å². The first-order chi connectivity index (χ1) is 9.67. The summed E-state index contributed by atoms with van der Waals surface area (Å²) in [6.45, 7) is 0.888. The summed E-state index contributed by atoms with van der Waals surface area (Å²) in [5.74, 6) is 1.37. The van der Waals surface area contributed by atoms with Crippen LogP contribution >= 0.6 is 0 Å². The van der Waals surface area contributed by atoms with Gasteiger partial charge in [0.2, 0.25) is 0 Å². The van der Waals surface area contributed by atoms with Gasteiger partial charge in [0.05, 0.1) is 0 Å². The van der Waals surface area contributed by atoms with E-state index in [-0.39, 0.29) is 6.10 Å². The van der Waals surface area contributed by atoms with E-state index in [2.05, 4.69) is 66.8 Å². The fraction of sp³-hybridized carbons (Fsp3) is 0.412. The summed E-state index contributed by atoms with van der Waals surface area (Å²) in [6.07, 6.45) is 15.7. The van der Waals surface area contributed by atoms with Crippen molar-refractivity contribution in [3.63, 3.8) is 0 Å². The van der Waals surface area contributed by atoms with Crippen LogP contribution in [0.4, 0.5) is 0 Å². The van der Waals surface area contributed by atoms with Crippen LogP contribution in [0.25, 0.3) is 0 Å². The Bertz CT molecular complexity index is 537. The zero-order valence-electron chi connectivity index (χ0n) is 12.3. The molecule has 20 heavy (non-hydrogen) atoms. The number of nitrogens with one attached hydrogen (secondary N) is 1. The van der Waals surface area contributed by atoms with Gasteiger partial charge in [0.15, 0.2) is 0 Å². The third-order valence-electron chi connectivity index (χ3n) is 3.98. The van der Waals surface area contributed by atoms with Gasteiger partial charge in [0.1, 0.15) is 11.9 Å². The number of likely N-dealkylation sites (N-methyl/N-ethyl adjacent to an activating group) is 2. The van der Waals surface area contributed by atoms with Crippen molar-refractivity contribution in [1.29, 1.82) is 0 Å². The van der Waals surface area contributed by atoms with Crippen LogP contribution in [0.2, 0.25) is 0 Å². The van der Waals surface area contributed by atoms with Crippen LogP contribution in [-0.4, -0.2) is 44.7 Å². The second kappa shape index (κ2) is 5.43. The molecule has 0 spiro atoms. The summed E-state index contributed by atoms with van der Waals surface area (Å²) < 4.78 is 6.21. The molecule has 0 aromatic rings. The number of fused-ring (bicyclic) bond motifs is 2. The van der Waals surface area contributed by atoms with E-state index >= 15 is 0 Å². The summed E-state index contributed by atoms with van der Waals surface area (Å²) in [4.78, 5) is 2.18. The fourth-order valence-corrected chi connectivity index (χ4v) is 2.82. The number of ether oxygens (including phenoxy) is 1. The number of allylic oxidation sites excluding steroid dienone is 1. The molecule has 3 atom stereocenters. The van der Waals surface area contributed by atoms with Gasteiger partial charge in [-0.3, -0.25) is 4.90 Å². The van der Waals surface area contributed by atoms with Gasteiger partial charge in [0, 0.05) is 24.1 Å². The second-order valence-corrected chi connectivity index (χ2v) is 5.76. The van der Waals surface area contributed by atoms with Crippen molar-refractivity contribution in [2.24, 2.45) is 5.92 Å². The van der Waals surface area contributed by atoms with E-state index in [0.29, 0.717) is 12.0 Å². The highest BCUT2D eigenvalue weighted by molar-refractivity contribution is 5.47. The van der Waals surface area contributed by atoms with Crippen molar-refractivity contribution in [2.75, 3.05) is 27.7 Å². The molecular formula is C17H22N2O. The summed E-state index contributed by atoms with van der Waals surface area (Å²) >= 11 is 0. The van der Waals surface area contributed by atoms with Gasteiger partial charge >= 0.3 is 0 Å². The molecule has 2 aliphatic carbocycles. The van der Waals surface area contributed by atoms with Crippen LogP contribution in [0.15, 0.2) is 59.4 Å². The van der Waals surface area contributed by atoms with Crippen LogP contribution in [0, 0.1) is 5.92 Å². The number of nitrogens with zero attached hydrogens (tertiary/aromatic N) is 1. The molecule has 3 heteroatoms. The maximum atomic E-state index is 6.21. The Morgan fingerprint density at radius 3 is 2.75 bits per heavy atom. The molecule has 1 N–H and O–H groups in total. The predicted octanol–water partition coefficient (Wildman–Crippen LogP) is 2.03. The SMILES string of the molecule is CNCC1=CC2OC3=CC(N(C)C)C=CC3=CC2C=C1. The average molecular weight is 270 g/mol. The lowest BCUT2D eigenvalue weighted by molar-refractivity contribution is 0.126. The van der Waals surface area contributed by atoms with Gasteiger partial charge in [-0.1, -0.05) is 30.4 Å². The van der Waals surface area contributed by atoms with Crippen molar-refractivity contribution in [1.82, 2.24) is 10.2 Å². The number of hydrogen-bond donors (Lipinski definition) is 1. The Kier molecular flexibility index (Phi) is 3.64. The highest BCUT2D eigenvalue weighted by Gasteiger charge is 2.29. The quantitative estimate of drug-likeness (QED) is 0.849.